The van der Waals surface area contributed by atoms with E-state index in [9.17, 15) is 9.90 Å². The lowest BCUT2D eigenvalue weighted by molar-refractivity contribution is -0.219. The van der Waals surface area contributed by atoms with Crippen LogP contribution in [0.5, 0.6) is 11.5 Å². The molecule has 13 heteroatoms. The van der Waals surface area contributed by atoms with Crippen molar-refractivity contribution < 1.29 is 24.1 Å². The van der Waals surface area contributed by atoms with E-state index in [2.05, 4.69) is 24.3 Å². The Morgan fingerprint density at radius 3 is 2.59 bits per heavy atom. The van der Waals surface area contributed by atoms with E-state index in [1.54, 1.807) is 57.6 Å². The minimum atomic E-state index is -1.10. The normalized spacial score (nSPS) is 14.7. The van der Waals surface area contributed by atoms with Gasteiger partial charge < -0.3 is 19.3 Å². The van der Waals surface area contributed by atoms with E-state index in [-0.39, 0.29) is 17.6 Å². The van der Waals surface area contributed by atoms with E-state index < -0.39 is 17.5 Å². The van der Waals surface area contributed by atoms with Crippen molar-refractivity contribution >= 4 is 40.3 Å². The maximum atomic E-state index is 13.7. The molecule has 0 atom stereocenters. The van der Waals surface area contributed by atoms with Crippen molar-refractivity contribution in [3.05, 3.63) is 66.5 Å². The average Bonchev–Trinajstić information content (AvgIpc) is 3.43. The van der Waals surface area contributed by atoms with Gasteiger partial charge in [0.05, 0.1) is 12.3 Å². The second-order valence-corrected chi connectivity index (χ2v) is 13.2. The number of pyridine rings is 3. The predicted molar refractivity (Wildman–Crippen MR) is 168 cm³/mol. The first-order chi connectivity index (χ1) is 21.1. The Morgan fingerprint density at radius 2 is 1.86 bits per heavy atom. The number of aromatic nitrogens is 5. The molecule has 0 spiro atoms. The number of anilines is 2. The van der Waals surface area contributed by atoms with Gasteiger partial charge in [-0.2, -0.15) is 9.27 Å². The summed E-state index contributed by atoms with van der Waals surface area (Å²) in [6.45, 7) is 7.46. The molecule has 4 aromatic heterocycles. The van der Waals surface area contributed by atoms with Crippen LogP contribution in [-0.4, -0.2) is 53.5 Å². The standard InChI is InChI=1S/C31H36N6O5S2/c1-21-23(11-10-17-32-21)41-24-19-22(43-26-12-6-9-16-33-26)20-34-27(24)37(29(38)42-30(2,3)4)28-35-25(36-44-28)13-18-40-31(39)14-7-5-8-15-31/h6,9-12,16-17,19-20,39H,5,7-8,13-15,18H2,1-4H3. The quantitative estimate of drug-likeness (QED) is 0.176. The first-order valence-corrected chi connectivity index (χ1v) is 16.1. The summed E-state index contributed by atoms with van der Waals surface area (Å²) in [6.07, 6.45) is 8.96. The Balaban J connectivity index is 1.47. The zero-order chi connectivity index (χ0) is 31.2. The van der Waals surface area contributed by atoms with Gasteiger partial charge in [0.15, 0.2) is 17.4 Å². The molecule has 0 bridgehead atoms. The number of nitrogens with zero attached hydrogens (tertiary/aromatic N) is 6. The average molecular weight is 637 g/mol. The first-order valence-electron chi connectivity index (χ1n) is 14.5. The highest BCUT2D eigenvalue weighted by atomic mass is 32.2. The molecule has 1 amide bonds. The molecular weight excluding hydrogens is 601 g/mol. The van der Waals surface area contributed by atoms with Crippen molar-refractivity contribution in [2.45, 2.75) is 87.5 Å². The molecule has 44 heavy (non-hydrogen) atoms. The van der Waals surface area contributed by atoms with Gasteiger partial charge in [-0.1, -0.05) is 24.2 Å². The zero-order valence-electron chi connectivity index (χ0n) is 25.2. The summed E-state index contributed by atoms with van der Waals surface area (Å²) >= 11 is 2.45. The zero-order valence-corrected chi connectivity index (χ0v) is 26.9. The SMILES string of the molecule is Cc1ncccc1Oc1cc(Sc2ccccn2)cnc1N(C(=O)OC(C)(C)C)c1nc(CCOC2(O)CCCCC2)ns1. The van der Waals surface area contributed by atoms with Crippen molar-refractivity contribution in [3.8, 4) is 11.5 Å². The topological polar surface area (TPSA) is 133 Å². The molecule has 11 nitrogen and oxygen atoms in total. The fourth-order valence-corrected chi connectivity index (χ4v) is 6.00. The molecule has 4 aromatic rings. The molecule has 0 unspecified atom stereocenters. The van der Waals surface area contributed by atoms with Gasteiger partial charge in [0.2, 0.25) is 5.13 Å². The highest BCUT2D eigenvalue weighted by molar-refractivity contribution is 7.99. The Hall–Kier alpha value is -3.65. The van der Waals surface area contributed by atoms with Crippen LogP contribution in [0.3, 0.4) is 0 Å². The fourth-order valence-electron chi connectivity index (χ4n) is 4.52. The molecule has 0 radical (unpaired) electrons. The summed E-state index contributed by atoms with van der Waals surface area (Å²) in [7, 11) is 0. The number of carbonyl (C=O) groups is 1. The van der Waals surface area contributed by atoms with Crippen molar-refractivity contribution in [2.24, 2.45) is 0 Å². The number of ether oxygens (including phenoxy) is 3. The summed E-state index contributed by atoms with van der Waals surface area (Å²) in [5.74, 6) is 0.368. The third-order valence-corrected chi connectivity index (χ3v) is 8.26. The molecule has 0 saturated heterocycles. The molecule has 1 saturated carbocycles. The van der Waals surface area contributed by atoms with Crippen molar-refractivity contribution in [1.29, 1.82) is 0 Å². The van der Waals surface area contributed by atoms with Crippen LogP contribution >= 0.6 is 23.3 Å². The number of carbonyl (C=O) groups excluding carboxylic acids is 1. The van der Waals surface area contributed by atoms with E-state index in [1.165, 1.54) is 16.7 Å². The lowest BCUT2D eigenvalue weighted by Crippen LogP contribution is -2.35. The lowest BCUT2D eigenvalue weighted by atomic mass is 9.94. The van der Waals surface area contributed by atoms with E-state index in [1.807, 2.05) is 25.1 Å². The van der Waals surface area contributed by atoms with Crippen LogP contribution in [0.4, 0.5) is 15.7 Å². The van der Waals surface area contributed by atoms with Crippen LogP contribution in [0.1, 0.15) is 64.4 Å². The molecule has 1 fully saturated rings. The minimum absolute atomic E-state index is 0.184. The van der Waals surface area contributed by atoms with Gasteiger partial charge in [-0.15, -0.1) is 0 Å². The van der Waals surface area contributed by atoms with Gasteiger partial charge in [-0.25, -0.2) is 19.7 Å². The predicted octanol–water partition coefficient (Wildman–Crippen LogP) is 7.26. The highest BCUT2D eigenvalue weighted by Crippen LogP contribution is 2.40. The van der Waals surface area contributed by atoms with Crippen LogP contribution in [0, 0.1) is 6.92 Å². The molecular formula is C31H36N6O5S2. The van der Waals surface area contributed by atoms with Crippen LogP contribution in [-0.2, 0) is 15.9 Å². The number of aliphatic hydroxyl groups is 1. The van der Waals surface area contributed by atoms with Crippen LogP contribution < -0.4 is 9.64 Å². The third-order valence-electron chi connectivity index (χ3n) is 6.61. The van der Waals surface area contributed by atoms with Gasteiger partial charge in [0.25, 0.3) is 0 Å². The summed E-state index contributed by atoms with van der Waals surface area (Å²) in [5.41, 5.74) is -0.120. The Morgan fingerprint density at radius 1 is 1.07 bits per heavy atom. The number of aryl methyl sites for hydroxylation is 1. The van der Waals surface area contributed by atoms with E-state index in [0.717, 1.165) is 40.7 Å². The smallest absolute Gasteiger partial charge is 0.422 e. The van der Waals surface area contributed by atoms with E-state index >= 15 is 0 Å². The summed E-state index contributed by atoms with van der Waals surface area (Å²) < 4.78 is 22.4. The molecule has 1 aliphatic carbocycles. The fraction of sp³-hybridized carbons (Fsp3) is 0.419. The van der Waals surface area contributed by atoms with Gasteiger partial charge in [0, 0.05) is 60.3 Å². The first kappa shape index (κ1) is 31.8. The number of hydrogen-bond acceptors (Lipinski definition) is 12. The highest BCUT2D eigenvalue weighted by Gasteiger charge is 2.33. The molecule has 4 heterocycles. The van der Waals surface area contributed by atoms with Gasteiger partial charge >= 0.3 is 6.09 Å². The monoisotopic (exact) mass is 636 g/mol. The van der Waals surface area contributed by atoms with Crippen molar-refractivity contribution in [1.82, 2.24) is 24.3 Å². The molecule has 0 aliphatic heterocycles. The largest absolute Gasteiger partial charge is 0.451 e. The second-order valence-electron chi connectivity index (χ2n) is 11.4. The third kappa shape index (κ3) is 8.50. The Bertz CT molecular complexity index is 1560. The van der Waals surface area contributed by atoms with Crippen LogP contribution in [0.15, 0.2) is 64.9 Å². The molecule has 5 rings (SSSR count). The number of hydrogen-bond donors (Lipinski definition) is 1. The second kappa shape index (κ2) is 14.0. The number of rotatable bonds is 10. The van der Waals surface area contributed by atoms with Crippen molar-refractivity contribution in [2.75, 3.05) is 11.5 Å². The van der Waals surface area contributed by atoms with Crippen molar-refractivity contribution in [3.63, 3.8) is 0 Å². The number of amides is 1. The molecule has 1 N–H and O–H groups in total. The minimum Gasteiger partial charge on any atom is -0.451 e. The molecule has 0 aromatic carbocycles. The van der Waals surface area contributed by atoms with Crippen LogP contribution in [0.25, 0.3) is 0 Å². The summed E-state index contributed by atoms with van der Waals surface area (Å²) in [6, 6.07) is 11.0. The maximum absolute atomic E-state index is 13.7. The van der Waals surface area contributed by atoms with Crippen LogP contribution in [0.2, 0.25) is 0 Å². The Labute approximate surface area is 265 Å². The van der Waals surface area contributed by atoms with Gasteiger partial charge in [-0.3, -0.25) is 4.98 Å². The Kier molecular flexibility index (Phi) is 10.1. The molecule has 1 aliphatic rings. The maximum Gasteiger partial charge on any atom is 0.422 e. The summed E-state index contributed by atoms with van der Waals surface area (Å²) in [5, 5.41) is 11.7. The van der Waals surface area contributed by atoms with Gasteiger partial charge in [-0.05, 0) is 64.8 Å². The lowest BCUT2D eigenvalue weighted by Gasteiger charge is -2.31. The molecule has 232 valence electrons. The van der Waals surface area contributed by atoms with E-state index in [4.69, 9.17) is 14.2 Å². The van der Waals surface area contributed by atoms with Gasteiger partial charge in [0.1, 0.15) is 22.2 Å². The summed E-state index contributed by atoms with van der Waals surface area (Å²) in [4.78, 5) is 33.8. The van der Waals surface area contributed by atoms with E-state index in [0.29, 0.717) is 42.3 Å².